The number of hydrogen-bond acceptors (Lipinski definition) is 4. The van der Waals surface area contributed by atoms with Crippen LogP contribution in [0.3, 0.4) is 0 Å². The number of aryl methyl sites for hydroxylation is 2. The van der Waals surface area contributed by atoms with Crippen LogP contribution in [0.2, 0.25) is 0 Å². The molecule has 2 rings (SSSR count). The predicted octanol–water partition coefficient (Wildman–Crippen LogP) is 2.49. The Kier molecular flexibility index (Phi) is 6.01. The summed E-state index contributed by atoms with van der Waals surface area (Å²) >= 11 is 1.53. The fourth-order valence-corrected chi connectivity index (χ4v) is 4.32. The number of nitrogens with one attached hydrogen (secondary N) is 1. The number of amides is 1. The first-order valence-corrected chi connectivity index (χ1v) is 10.3. The average molecular weight is 367 g/mol. The maximum atomic E-state index is 12.2. The minimum atomic E-state index is -3.43. The molecular weight excluding hydrogens is 344 g/mol. The number of nitrogens with zero attached hydrogens (tertiary/aromatic N) is 1. The Morgan fingerprint density at radius 3 is 2.38 bits per heavy atom. The highest BCUT2D eigenvalue weighted by Crippen LogP contribution is 2.26. The van der Waals surface area contributed by atoms with Gasteiger partial charge in [-0.15, -0.1) is 11.3 Å². The maximum absolute atomic E-state index is 12.2. The van der Waals surface area contributed by atoms with Gasteiger partial charge in [0, 0.05) is 11.4 Å². The quantitative estimate of drug-likeness (QED) is 0.819. The van der Waals surface area contributed by atoms with E-state index in [-0.39, 0.29) is 19.0 Å². The molecule has 0 aliphatic heterocycles. The molecule has 0 unspecified atom stereocenters. The van der Waals surface area contributed by atoms with E-state index in [0.29, 0.717) is 12.1 Å². The minimum absolute atomic E-state index is 0.104. The van der Waals surface area contributed by atoms with Gasteiger partial charge in [0.25, 0.3) is 0 Å². The molecule has 0 atom stereocenters. The van der Waals surface area contributed by atoms with Crippen molar-refractivity contribution in [3.05, 3.63) is 51.7 Å². The van der Waals surface area contributed by atoms with Crippen LogP contribution in [-0.2, 0) is 21.2 Å². The van der Waals surface area contributed by atoms with E-state index in [4.69, 9.17) is 0 Å². The lowest BCUT2D eigenvalue weighted by molar-refractivity contribution is -0.120. The molecule has 1 N–H and O–H groups in total. The van der Waals surface area contributed by atoms with Gasteiger partial charge in [-0.25, -0.2) is 8.42 Å². The van der Waals surface area contributed by atoms with Crippen molar-refractivity contribution in [2.24, 2.45) is 0 Å². The summed E-state index contributed by atoms with van der Waals surface area (Å²) in [5.41, 5.74) is 2.48. The monoisotopic (exact) mass is 366 g/mol. The van der Waals surface area contributed by atoms with Crippen LogP contribution < -0.4 is 9.62 Å². The number of para-hydroxylation sites is 1. The van der Waals surface area contributed by atoms with Crippen molar-refractivity contribution in [3.63, 3.8) is 0 Å². The fraction of sp³-hybridized carbons (Fsp3) is 0.353. The molecule has 2 aromatic rings. The van der Waals surface area contributed by atoms with Crippen molar-refractivity contribution in [3.8, 4) is 0 Å². The van der Waals surface area contributed by atoms with E-state index < -0.39 is 10.0 Å². The summed E-state index contributed by atoms with van der Waals surface area (Å²) in [6.07, 6.45) is 1.51. The van der Waals surface area contributed by atoms with Crippen LogP contribution in [0.25, 0.3) is 0 Å². The summed E-state index contributed by atoms with van der Waals surface area (Å²) in [7, 11) is -3.43. The highest BCUT2D eigenvalue weighted by atomic mass is 32.2. The molecule has 0 saturated heterocycles. The van der Waals surface area contributed by atoms with Crippen molar-refractivity contribution in [2.45, 2.75) is 20.3 Å². The smallest absolute Gasteiger partial charge is 0.232 e. The van der Waals surface area contributed by atoms with E-state index in [0.717, 1.165) is 16.0 Å². The van der Waals surface area contributed by atoms with Crippen LogP contribution in [0.15, 0.2) is 35.7 Å². The van der Waals surface area contributed by atoms with E-state index in [9.17, 15) is 13.2 Å². The lowest BCUT2D eigenvalue weighted by Gasteiger charge is -2.26. The Morgan fingerprint density at radius 2 is 1.83 bits per heavy atom. The molecule has 0 radical (unpaired) electrons. The second kappa shape index (κ2) is 7.81. The van der Waals surface area contributed by atoms with Gasteiger partial charge in [-0.05, 0) is 36.4 Å². The third-order valence-corrected chi connectivity index (χ3v) is 5.68. The molecule has 7 heteroatoms. The van der Waals surface area contributed by atoms with Crippen LogP contribution in [-0.4, -0.2) is 33.7 Å². The van der Waals surface area contributed by atoms with Gasteiger partial charge < -0.3 is 5.32 Å². The van der Waals surface area contributed by atoms with E-state index in [1.165, 1.54) is 21.9 Å². The summed E-state index contributed by atoms with van der Waals surface area (Å²) in [6, 6.07) is 9.48. The standard InChI is InChI=1S/C17H22N2O3S2/c1-13-6-4-7-14(2)17(13)19(24(3,21)22)10-9-18-16(20)12-15-8-5-11-23-15/h4-8,11H,9-10,12H2,1-3H3,(H,18,20). The predicted molar refractivity (Wildman–Crippen MR) is 99.1 cm³/mol. The molecule has 1 heterocycles. The van der Waals surface area contributed by atoms with Gasteiger partial charge in [0.15, 0.2) is 0 Å². The Balaban J connectivity index is 2.04. The molecule has 0 fully saturated rings. The number of rotatable bonds is 7. The number of hydrogen-bond donors (Lipinski definition) is 1. The van der Waals surface area contributed by atoms with Crippen LogP contribution in [0.1, 0.15) is 16.0 Å². The number of sulfonamides is 1. The summed E-state index contributed by atoms with van der Waals surface area (Å²) in [5.74, 6) is -0.104. The summed E-state index contributed by atoms with van der Waals surface area (Å²) in [6.45, 7) is 4.25. The second-order valence-corrected chi connectivity index (χ2v) is 8.62. The normalized spacial score (nSPS) is 11.3. The molecule has 1 amide bonds. The van der Waals surface area contributed by atoms with Crippen LogP contribution >= 0.6 is 11.3 Å². The van der Waals surface area contributed by atoms with E-state index in [1.54, 1.807) is 0 Å². The highest BCUT2D eigenvalue weighted by Gasteiger charge is 2.20. The largest absolute Gasteiger partial charge is 0.354 e. The Hall–Kier alpha value is -1.86. The molecule has 0 spiro atoms. The first-order valence-electron chi connectivity index (χ1n) is 7.62. The third kappa shape index (κ3) is 4.82. The van der Waals surface area contributed by atoms with Gasteiger partial charge in [0.1, 0.15) is 0 Å². The number of benzene rings is 1. The molecule has 5 nitrogen and oxygen atoms in total. The summed E-state index contributed by atoms with van der Waals surface area (Å²) in [4.78, 5) is 12.9. The van der Waals surface area contributed by atoms with Crippen molar-refractivity contribution in [1.29, 1.82) is 0 Å². The van der Waals surface area contributed by atoms with Crippen molar-refractivity contribution >= 4 is 33.0 Å². The molecule has 1 aromatic heterocycles. The zero-order valence-electron chi connectivity index (χ0n) is 14.1. The Bertz CT molecular complexity index is 779. The van der Waals surface area contributed by atoms with E-state index in [2.05, 4.69) is 5.32 Å². The molecule has 0 bridgehead atoms. The van der Waals surface area contributed by atoms with Crippen molar-refractivity contribution in [2.75, 3.05) is 23.7 Å². The molecule has 130 valence electrons. The maximum Gasteiger partial charge on any atom is 0.232 e. The van der Waals surface area contributed by atoms with Crippen LogP contribution in [0.4, 0.5) is 5.69 Å². The molecule has 0 aliphatic rings. The Labute approximate surface area is 147 Å². The van der Waals surface area contributed by atoms with Gasteiger partial charge >= 0.3 is 0 Å². The minimum Gasteiger partial charge on any atom is -0.354 e. The third-order valence-electron chi connectivity index (χ3n) is 3.64. The van der Waals surface area contributed by atoms with Gasteiger partial charge in [-0.2, -0.15) is 0 Å². The SMILES string of the molecule is Cc1cccc(C)c1N(CCNC(=O)Cc1cccs1)S(C)(=O)=O. The summed E-state index contributed by atoms with van der Waals surface area (Å²) in [5, 5.41) is 4.72. The first-order chi connectivity index (χ1) is 11.3. The van der Waals surface area contributed by atoms with E-state index >= 15 is 0 Å². The zero-order valence-corrected chi connectivity index (χ0v) is 15.7. The lowest BCUT2D eigenvalue weighted by atomic mass is 10.1. The van der Waals surface area contributed by atoms with Crippen LogP contribution in [0.5, 0.6) is 0 Å². The van der Waals surface area contributed by atoms with Crippen molar-refractivity contribution in [1.82, 2.24) is 5.32 Å². The van der Waals surface area contributed by atoms with Crippen LogP contribution in [0, 0.1) is 13.8 Å². The fourth-order valence-electron chi connectivity index (χ4n) is 2.57. The molecule has 24 heavy (non-hydrogen) atoms. The van der Waals surface area contributed by atoms with Gasteiger partial charge in [0.05, 0.1) is 24.9 Å². The first kappa shape index (κ1) is 18.5. The number of carbonyl (C=O) groups excluding carboxylic acids is 1. The van der Waals surface area contributed by atoms with Gasteiger partial charge in [-0.3, -0.25) is 9.10 Å². The summed E-state index contributed by atoms with van der Waals surface area (Å²) < 4.78 is 25.7. The molecule has 0 saturated carbocycles. The van der Waals surface area contributed by atoms with E-state index in [1.807, 2.05) is 49.6 Å². The Morgan fingerprint density at radius 1 is 1.17 bits per heavy atom. The molecule has 1 aromatic carbocycles. The van der Waals surface area contributed by atoms with Gasteiger partial charge in [0.2, 0.25) is 15.9 Å². The zero-order chi connectivity index (χ0) is 17.7. The molecular formula is C17H22N2O3S2. The lowest BCUT2D eigenvalue weighted by Crippen LogP contribution is -2.39. The number of thiophene rings is 1. The number of anilines is 1. The topological polar surface area (TPSA) is 66.5 Å². The van der Waals surface area contributed by atoms with Gasteiger partial charge in [-0.1, -0.05) is 24.3 Å². The number of carbonyl (C=O) groups is 1. The molecule has 0 aliphatic carbocycles. The average Bonchev–Trinajstić information content (AvgIpc) is 2.97. The van der Waals surface area contributed by atoms with Crippen molar-refractivity contribution < 1.29 is 13.2 Å². The highest BCUT2D eigenvalue weighted by molar-refractivity contribution is 7.92. The second-order valence-electron chi connectivity index (χ2n) is 5.68.